The Hall–Kier alpha value is -10.5. The van der Waals surface area contributed by atoms with Gasteiger partial charge in [0.1, 0.15) is 0 Å². The van der Waals surface area contributed by atoms with Gasteiger partial charge in [-0.2, -0.15) is 0 Å². The summed E-state index contributed by atoms with van der Waals surface area (Å²) in [5.74, 6) is 0. The molecule has 0 spiro atoms. The van der Waals surface area contributed by atoms with E-state index in [1.165, 1.54) is 187 Å². The highest BCUT2D eigenvalue weighted by atomic mass is 14.9. The molecule has 17 aromatic rings. The van der Waals surface area contributed by atoms with Gasteiger partial charge < -0.3 is 8.80 Å². The van der Waals surface area contributed by atoms with Gasteiger partial charge in [0.05, 0.1) is 33.1 Å². The summed E-state index contributed by atoms with van der Waals surface area (Å²) in [5.41, 5.74) is 31.9. The molecule has 0 fully saturated rings. The summed E-state index contributed by atoms with van der Waals surface area (Å²) in [5, 5.41) is 10.4. The molecule has 0 aliphatic rings. The lowest BCUT2D eigenvalue weighted by Gasteiger charge is -2.21. The maximum atomic E-state index is 2.66. The number of hydrogen-bond acceptors (Lipinski definition) is 0. The topological polar surface area (TPSA) is 8.82 Å². The van der Waals surface area contributed by atoms with Crippen molar-refractivity contribution in [2.75, 3.05) is 0 Å². The molecule has 96 heavy (non-hydrogen) atoms. The van der Waals surface area contributed by atoms with Crippen LogP contribution in [0.1, 0.15) is 105 Å². The Balaban J connectivity index is 0.986. The molecule has 13 aromatic carbocycles. The van der Waals surface area contributed by atoms with Crippen LogP contribution in [0.5, 0.6) is 0 Å². The highest BCUT2D eigenvalue weighted by Crippen LogP contribution is 2.55. The summed E-state index contributed by atoms with van der Waals surface area (Å²) in [6, 6.07) is 102. The maximum Gasteiger partial charge on any atom is 0.0634 e. The Morgan fingerprint density at radius 3 is 0.760 bits per heavy atom. The lowest BCUT2D eigenvalue weighted by Crippen LogP contribution is -2.10. The fourth-order valence-corrected chi connectivity index (χ4v) is 15.9. The van der Waals surface area contributed by atoms with Crippen LogP contribution in [0, 0.1) is 0 Å². The molecule has 0 amide bonds. The number of hydrogen-bond donors (Lipinski definition) is 0. The molecule has 0 unspecified atom stereocenters. The van der Waals surface area contributed by atoms with Crippen molar-refractivity contribution in [3.05, 3.63) is 289 Å². The molecule has 0 bridgehead atoms. The molecule has 0 saturated carbocycles. The van der Waals surface area contributed by atoms with Crippen molar-refractivity contribution < 1.29 is 0 Å². The Kier molecular flexibility index (Phi) is 13.3. The summed E-state index contributed by atoms with van der Waals surface area (Å²) in [4.78, 5) is 0. The average molecular weight is 1240 g/mol. The standard InChI is InChI=1S/C94H80N2/c1-91(2,3)67-39-33-57(34-40-67)65-49-73(59-25-17-13-18-26-59)83(74(50-65)60-27-19-14-20-28-60)63-37-45-71-81(53-63)95-79-47-43-69(93(7,8)9)55-77(79)88-86-72-46-38-64(54-82(72)96-80-48-44-70(94(10,11)12)56-78(80)87(90(86)96)85(71)89(88)95)84-75(61-29-21-15-22-30-61)51-66(52-76(84)62-31-23-16-24-32-62)58-35-41-68(42-36-58)92(4,5)6/h13-56H,1-12H3. The molecule has 4 heterocycles. The van der Waals surface area contributed by atoms with Gasteiger partial charge in [-0.15, -0.1) is 0 Å². The SMILES string of the molecule is CC(C)(C)c1ccc(-c2cc(-c3ccccc3)c(-c3ccc4c5c6c7cc(C(C)(C)C)ccc7n7c8cc(-c9c(-c%10ccccc%10)cc(-c%10ccc(C(C)(C)C)cc%10)cc9-c9ccccc9)ccc8c(c8c9cc(C(C)(C)C)ccc9n(c4c3)c85)c67)c(-c3ccccc3)c2)cc1. The molecule has 0 aliphatic heterocycles. The van der Waals surface area contributed by atoms with E-state index in [0.717, 1.165) is 0 Å². The fraction of sp³-hybridized carbons (Fsp3) is 0.170. The van der Waals surface area contributed by atoms with Crippen LogP contribution in [0.15, 0.2) is 267 Å². The number of aromatic nitrogens is 2. The van der Waals surface area contributed by atoms with Crippen molar-refractivity contribution in [3.63, 3.8) is 0 Å². The van der Waals surface area contributed by atoms with Crippen LogP contribution in [0.2, 0.25) is 0 Å². The van der Waals surface area contributed by atoms with Gasteiger partial charge in [0, 0.05) is 43.1 Å². The van der Waals surface area contributed by atoms with Gasteiger partial charge in [-0.05, 0) is 194 Å². The van der Waals surface area contributed by atoms with E-state index in [0.29, 0.717) is 0 Å². The van der Waals surface area contributed by atoms with Gasteiger partial charge in [0.2, 0.25) is 0 Å². The van der Waals surface area contributed by atoms with Crippen molar-refractivity contribution in [2.45, 2.75) is 105 Å². The predicted molar refractivity (Wildman–Crippen MR) is 414 cm³/mol. The second-order valence-corrected chi connectivity index (χ2v) is 31.3. The Morgan fingerprint density at radius 2 is 0.469 bits per heavy atom. The van der Waals surface area contributed by atoms with Gasteiger partial charge >= 0.3 is 0 Å². The third-order valence-corrected chi connectivity index (χ3v) is 21.0. The highest BCUT2D eigenvalue weighted by Gasteiger charge is 2.32. The molecule has 4 aromatic heterocycles. The summed E-state index contributed by atoms with van der Waals surface area (Å²) < 4.78 is 5.33. The van der Waals surface area contributed by atoms with Crippen molar-refractivity contribution in [2.24, 2.45) is 0 Å². The molecule has 0 radical (unpaired) electrons. The van der Waals surface area contributed by atoms with Gasteiger partial charge in [0.15, 0.2) is 0 Å². The zero-order chi connectivity index (χ0) is 65.9. The van der Waals surface area contributed by atoms with Crippen LogP contribution in [0.3, 0.4) is 0 Å². The molecule has 0 saturated heterocycles. The Morgan fingerprint density at radius 1 is 0.198 bits per heavy atom. The van der Waals surface area contributed by atoms with Crippen LogP contribution < -0.4 is 0 Å². The molecule has 0 N–H and O–H groups in total. The van der Waals surface area contributed by atoms with E-state index in [-0.39, 0.29) is 21.7 Å². The van der Waals surface area contributed by atoms with Gasteiger partial charge in [-0.1, -0.05) is 289 Å². The highest BCUT2D eigenvalue weighted by molar-refractivity contribution is 6.45. The lowest BCUT2D eigenvalue weighted by molar-refractivity contribution is 0.590. The minimum atomic E-state index is -0.0863. The summed E-state index contributed by atoms with van der Waals surface area (Å²) in [6.45, 7) is 27.9. The van der Waals surface area contributed by atoms with Gasteiger partial charge in [-0.25, -0.2) is 0 Å². The molecule has 466 valence electrons. The molecule has 17 rings (SSSR count). The smallest absolute Gasteiger partial charge is 0.0634 e. The van der Waals surface area contributed by atoms with Crippen LogP contribution in [-0.2, 0) is 21.7 Å². The van der Waals surface area contributed by atoms with E-state index in [1.807, 2.05) is 0 Å². The molecular formula is C94H80N2. The Labute approximate surface area is 564 Å². The summed E-state index contributed by atoms with van der Waals surface area (Å²) >= 11 is 0. The monoisotopic (exact) mass is 1240 g/mol. The van der Waals surface area contributed by atoms with Crippen molar-refractivity contribution in [1.29, 1.82) is 0 Å². The van der Waals surface area contributed by atoms with Crippen molar-refractivity contribution in [3.8, 4) is 89.0 Å². The molecular weight excluding hydrogens is 1160 g/mol. The molecule has 2 nitrogen and oxygen atoms in total. The minimum Gasteiger partial charge on any atom is -0.308 e. The quantitative estimate of drug-likeness (QED) is 0.143. The van der Waals surface area contributed by atoms with Crippen molar-refractivity contribution in [1.82, 2.24) is 8.80 Å². The number of fused-ring (bicyclic) bond motifs is 14. The minimum absolute atomic E-state index is 0.0490. The number of nitrogens with zero attached hydrogens (tertiary/aromatic N) is 2. The van der Waals surface area contributed by atoms with E-state index >= 15 is 0 Å². The molecule has 2 heteroatoms. The largest absolute Gasteiger partial charge is 0.308 e. The van der Waals surface area contributed by atoms with Crippen LogP contribution in [-0.4, -0.2) is 8.80 Å². The Bertz CT molecular complexity index is 5400. The van der Waals surface area contributed by atoms with E-state index in [2.05, 4.69) is 359 Å². The first-order valence-corrected chi connectivity index (χ1v) is 34.4. The van der Waals surface area contributed by atoms with Gasteiger partial charge in [-0.3, -0.25) is 0 Å². The summed E-state index contributed by atoms with van der Waals surface area (Å²) in [7, 11) is 0. The second kappa shape index (κ2) is 21.5. The normalized spacial score (nSPS) is 12.8. The third-order valence-electron chi connectivity index (χ3n) is 21.0. The first kappa shape index (κ1) is 59.2. The number of rotatable bonds is 8. The second-order valence-electron chi connectivity index (χ2n) is 31.3. The fourth-order valence-electron chi connectivity index (χ4n) is 15.9. The third kappa shape index (κ3) is 9.42. The van der Waals surface area contributed by atoms with E-state index in [4.69, 9.17) is 0 Å². The predicted octanol–water partition coefficient (Wildman–Crippen LogP) is 26.5. The van der Waals surface area contributed by atoms with E-state index < -0.39 is 0 Å². The van der Waals surface area contributed by atoms with Crippen molar-refractivity contribution >= 4 is 76.2 Å². The lowest BCUT2D eigenvalue weighted by atomic mass is 9.83. The first-order valence-electron chi connectivity index (χ1n) is 34.4. The van der Waals surface area contributed by atoms with E-state index in [1.54, 1.807) is 0 Å². The van der Waals surface area contributed by atoms with Crippen LogP contribution in [0.25, 0.3) is 165 Å². The summed E-state index contributed by atoms with van der Waals surface area (Å²) in [6.07, 6.45) is 0. The van der Waals surface area contributed by atoms with E-state index in [9.17, 15) is 0 Å². The van der Waals surface area contributed by atoms with Crippen LogP contribution in [0.4, 0.5) is 0 Å². The maximum absolute atomic E-state index is 2.66. The van der Waals surface area contributed by atoms with Gasteiger partial charge in [0.25, 0.3) is 0 Å². The van der Waals surface area contributed by atoms with Crippen LogP contribution >= 0.6 is 0 Å². The number of benzene rings is 13. The average Bonchev–Trinajstić information content (AvgIpc) is 1.49. The zero-order valence-electron chi connectivity index (χ0n) is 57.3. The molecule has 0 atom stereocenters. The zero-order valence-corrected chi connectivity index (χ0v) is 57.3. The molecule has 0 aliphatic carbocycles. The first-order chi connectivity index (χ1) is 46.2.